The zero-order chi connectivity index (χ0) is 6.41. The fourth-order valence-corrected chi connectivity index (χ4v) is 0.235. The molecule has 0 saturated carbocycles. The second kappa shape index (κ2) is 4.55. The normalized spacial score (nSPS) is 9.12. The average molecular weight is 118 g/mol. The maximum Gasteiger partial charge on any atom is 0.146 e. The minimum absolute atomic E-state index is 0.0158. The molecule has 0 saturated heterocycles. The summed E-state index contributed by atoms with van der Waals surface area (Å²) >= 11 is 0. The number of rotatable bonds is 4. The van der Waals surface area contributed by atoms with Crippen LogP contribution in [0.1, 0.15) is 0 Å². The molecular weight excluding hydrogens is 108 g/mol. The Morgan fingerprint density at radius 2 is 2.38 bits per heavy atom. The lowest BCUT2D eigenvalue weighted by Gasteiger charge is -1.98. The van der Waals surface area contributed by atoms with E-state index in [1.165, 1.54) is 7.11 Å². The van der Waals surface area contributed by atoms with Crippen LogP contribution in [0.2, 0.25) is 0 Å². The molecule has 0 bridgehead atoms. The lowest BCUT2D eigenvalue weighted by molar-refractivity contribution is -0.0148. The van der Waals surface area contributed by atoms with E-state index in [1.54, 1.807) is 0 Å². The van der Waals surface area contributed by atoms with E-state index in [4.69, 9.17) is 11.1 Å². The molecule has 0 aromatic carbocycles. The Kier molecular flexibility index (Phi) is 4.20. The van der Waals surface area contributed by atoms with Crippen molar-refractivity contribution in [2.75, 3.05) is 20.5 Å². The molecule has 0 radical (unpaired) electrons. The zero-order valence-electron chi connectivity index (χ0n) is 4.81. The average Bonchev–Trinajstić information content (AvgIpc) is 1.66. The van der Waals surface area contributed by atoms with Crippen LogP contribution in [0.5, 0.6) is 0 Å². The molecule has 0 heterocycles. The van der Waals surface area contributed by atoms with Gasteiger partial charge < -0.3 is 15.2 Å². The van der Waals surface area contributed by atoms with Crippen LogP contribution >= 0.6 is 0 Å². The summed E-state index contributed by atoms with van der Waals surface area (Å²) in [4.78, 5) is 0. The second-order valence-electron chi connectivity index (χ2n) is 1.28. The van der Waals surface area contributed by atoms with Gasteiger partial charge in [-0.2, -0.15) is 0 Å². The Morgan fingerprint density at radius 3 is 2.75 bits per heavy atom. The Bertz CT molecular complexity index is 74.4. The van der Waals surface area contributed by atoms with Crippen molar-refractivity contribution in [3.05, 3.63) is 0 Å². The van der Waals surface area contributed by atoms with Gasteiger partial charge in [-0.3, -0.25) is 5.41 Å². The largest absolute Gasteiger partial charge is 0.386 e. The topological polar surface area (TPSA) is 68.3 Å². The lowest BCUT2D eigenvalue weighted by atomic mass is 10.7. The summed E-state index contributed by atoms with van der Waals surface area (Å²) in [5.41, 5.74) is 4.94. The standard InChI is InChI=1S/C4H10N2O2/c1-7-3-8-2-4(5)6/h2-3H2,1H3,(H3,5,6). The molecule has 4 nitrogen and oxygen atoms in total. The number of nitrogens with two attached hydrogens (primary N) is 1. The van der Waals surface area contributed by atoms with Crippen LogP contribution in [0.15, 0.2) is 0 Å². The number of methoxy groups -OCH3 is 1. The van der Waals surface area contributed by atoms with Crippen molar-refractivity contribution < 1.29 is 9.47 Å². The highest BCUT2D eigenvalue weighted by atomic mass is 16.7. The Labute approximate surface area is 48.1 Å². The Morgan fingerprint density at radius 1 is 1.75 bits per heavy atom. The van der Waals surface area contributed by atoms with Gasteiger partial charge in [0.05, 0.1) is 0 Å². The third kappa shape index (κ3) is 5.39. The molecule has 48 valence electrons. The summed E-state index contributed by atoms with van der Waals surface area (Å²) < 4.78 is 9.19. The van der Waals surface area contributed by atoms with E-state index < -0.39 is 0 Å². The molecule has 4 heteroatoms. The molecule has 3 N–H and O–H groups in total. The van der Waals surface area contributed by atoms with E-state index >= 15 is 0 Å². The fraction of sp³-hybridized carbons (Fsp3) is 0.750. The van der Waals surface area contributed by atoms with Crippen molar-refractivity contribution >= 4 is 5.84 Å². The van der Waals surface area contributed by atoms with E-state index in [1.807, 2.05) is 0 Å². The molecule has 0 aromatic rings. The Hall–Kier alpha value is -0.610. The molecule has 0 amide bonds. The lowest BCUT2D eigenvalue weighted by Crippen LogP contribution is -2.17. The van der Waals surface area contributed by atoms with Crippen LogP contribution in [-0.2, 0) is 9.47 Å². The van der Waals surface area contributed by atoms with E-state index in [0.29, 0.717) is 0 Å². The number of amidine groups is 1. The molecule has 0 aliphatic rings. The van der Waals surface area contributed by atoms with Crippen molar-refractivity contribution in [1.29, 1.82) is 5.41 Å². The fourth-order valence-electron chi connectivity index (χ4n) is 0.235. The van der Waals surface area contributed by atoms with Gasteiger partial charge >= 0.3 is 0 Å². The third-order valence-corrected chi connectivity index (χ3v) is 0.459. The second-order valence-corrected chi connectivity index (χ2v) is 1.28. The van der Waals surface area contributed by atoms with Crippen molar-refractivity contribution in [1.82, 2.24) is 0 Å². The summed E-state index contributed by atoms with van der Waals surface area (Å²) in [7, 11) is 1.51. The third-order valence-electron chi connectivity index (χ3n) is 0.459. The predicted molar refractivity (Wildman–Crippen MR) is 29.7 cm³/mol. The number of ether oxygens (including phenoxy) is 2. The minimum Gasteiger partial charge on any atom is -0.386 e. The first kappa shape index (κ1) is 7.39. The molecule has 0 aliphatic heterocycles. The minimum atomic E-state index is 0.0158. The first-order valence-electron chi connectivity index (χ1n) is 2.17. The summed E-state index contributed by atoms with van der Waals surface area (Å²) in [6.45, 7) is 0.341. The van der Waals surface area contributed by atoms with Crippen LogP contribution in [0.3, 0.4) is 0 Å². The Balaban J connectivity index is 2.82. The maximum atomic E-state index is 6.67. The first-order valence-corrected chi connectivity index (χ1v) is 2.17. The highest BCUT2D eigenvalue weighted by Crippen LogP contribution is 1.71. The van der Waals surface area contributed by atoms with E-state index in [9.17, 15) is 0 Å². The van der Waals surface area contributed by atoms with Crippen LogP contribution in [0.25, 0.3) is 0 Å². The smallest absolute Gasteiger partial charge is 0.146 e. The molecule has 0 spiro atoms. The SMILES string of the molecule is COCOCC(=N)N. The van der Waals surface area contributed by atoms with Gasteiger partial charge in [0, 0.05) is 7.11 Å². The predicted octanol–water partition coefficient (Wildman–Crippen LogP) is -0.457. The van der Waals surface area contributed by atoms with Gasteiger partial charge in [0.15, 0.2) is 0 Å². The van der Waals surface area contributed by atoms with Gasteiger partial charge in [0.2, 0.25) is 0 Å². The summed E-state index contributed by atoms with van der Waals surface area (Å²) in [6, 6.07) is 0. The summed E-state index contributed by atoms with van der Waals surface area (Å²) in [5.74, 6) is 0.0158. The van der Waals surface area contributed by atoms with Gasteiger partial charge in [-0.1, -0.05) is 0 Å². The van der Waals surface area contributed by atoms with Crippen LogP contribution < -0.4 is 5.73 Å². The van der Waals surface area contributed by atoms with Crippen molar-refractivity contribution in [2.45, 2.75) is 0 Å². The van der Waals surface area contributed by atoms with Gasteiger partial charge in [-0.05, 0) is 0 Å². The number of hydrogen-bond donors (Lipinski definition) is 2. The van der Waals surface area contributed by atoms with E-state index in [0.717, 1.165) is 0 Å². The molecule has 0 atom stereocenters. The highest BCUT2D eigenvalue weighted by Gasteiger charge is 1.85. The van der Waals surface area contributed by atoms with Crippen molar-refractivity contribution in [2.24, 2.45) is 5.73 Å². The molecule has 0 aromatic heterocycles. The van der Waals surface area contributed by atoms with Crippen LogP contribution in [0, 0.1) is 5.41 Å². The van der Waals surface area contributed by atoms with Gasteiger partial charge in [0.1, 0.15) is 19.2 Å². The van der Waals surface area contributed by atoms with Crippen LogP contribution in [-0.4, -0.2) is 26.3 Å². The van der Waals surface area contributed by atoms with Gasteiger partial charge in [-0.25, -0.2) is 0 Å². The van der Waals surface area contributed by atoms with E-state index in [2.05, 4.69) is 9.47 Å². The van der Waals surface area contributed by atoms with Gasteiger partial charge in [-0.15, -0.1) is 0 Å². The monoisotopic (exact) mass is 118 g/mol. The number of nitrogens with one attached hydrogen (secondary N) is 1. The van der Waals surface area contributed by atoms with E-state index in [-0.39, 0.29) is 19.2 Å². The molecule has 0 aliphatic carbocycles. The maximum absolute atomic E-state index is 6.67. The first-order chi connectivity index (χ1) is 3.77. The number of hydrogen-bond acceptors (Lipinski definition) is 3. The molecular formula is C4H10N2O2. The zero-order valence-corrected chi connectivity index (χ0v) is 4.81. The van der Waals surface area contributed by atoms with Crippen molar-refractivity contribution in [3.8, 4) is 0 Å². The molecule has 0 fully saturated rings. The van der Waals surface area contributed by atoms with Crippen molar-refractivity contribution in [3.63, 3.8) is 0 Å². The summed E-state index contributed by atoms with van der Waals surface area (Å²) in [6.07, 6.45) is 0. The quantitative estimate of drug-likeness (QED) is 0.227. The molecule has 0 rings (SSSR count). The summed E-state index contributed by atoms with van der Waals surface area (Å²) in [5, 5.41) is 6.67. The van der Waals surface area contributed by atoms with Gasteiger partial charge in [0.25, 0.3) is 0 Å². The molecule has 0 unspecified atom stereocenters. The van der Waals surface area contributed by atoms with Crippen LogP contribution in [0.4, 0.5) is 0 Å². The highest BCUT2D eigenvalue weighted by molar-refractivity contribution is 5.78. The molecule has 8 heavy (non-hydrogen) atoms.